The fourth-order valence-electron chi connectivity index (χ4n) is 3.17. The van der Waals surface area contributed by atoms with Gasteiger partial charge in [-0.1, -0.05) is 29.1 Å². The Hall–Kier alpha value is -3.32. The van der Waals surface area contributed by atoms with Gasteiger partial charge < -0.3 is 34.6 Å². The van der Waals surface area contributed by atoms with Gasteiger partial charge in [-0.25, -0.2) is 0 Å². The Bertz CT molecular complexity index is 936. The van der Waals surface area contributed by atoms with Crippen molar-refractivity contribution >= 4 is 46.4 Å². The minimum Gasteiger partial charge on any atom is -0.463 e. The van der Waals surface area contributed by atoms with Crippen LogP contribution in [0.2, 0.25) is 0 Å². The summed E-state index contributed by atoms with van der Waals surface area (Å²) >= 11 is 0.852. The van der Waals surface area contributed by atoms with E-state index in [1.807, 2.05) is 0 Å². The highest BCUT2D eigenvalue weighted by Gasteiger charge is 2.52. The first-order chi connectivity index (χ1) is 16.0. The third-order valence-corrected chi connectivity index (χ3v) is 5.58. The zero-order valence-corrected chi connectivity index (χ0v) is 19.8. The van der Waals surface area contributed by atoms with Crippen molar-refractivity contribution in [3.05, 3.63) is 29.8 Å². The second-order valence-electron chi connectivity index (χ2n) is 7.21. The maximum atomic E-state index is 11.9. The van der Waals surface area contributed by atoms with Crippen molar-refractivity contribution in [2.45, 2.75) is 57.5 Å². The highest BCUT2D eigenvalue weighted by Crippen LogP contribution is 2.36. The van der Waals surface area contributed by atoms with Crippen molar-refractivity contribution < 1.29 is 48.1 Å². The number of carbonyl (C=O) groups is 4. The van der Waals surface area contributed by atoms with E-state index in [4.69, 9.17) is 29.4 Å². The maximum Gasteiger partial charge on any atom is 0.303 e. The number of thioether (sulfide) groups is 1. The van der Waals surface area contributed by atoms with Crippen LogP contribution in [0.3, 0.4) is 0 Å². The quantitative estimate of drug-likeness (QED) is 0.105. The van der Waals surface area contributed by atoms with Crippen LogP contribution in [0.1, 0.15) is 33.3 Å². The Labute approximate surface area is 199 Å². The van der Waals surface area contributed by atoms with Gasteiger partial charge in [0.1, 0.15) is 17.8 Å². The first-order valence-electron chi connectivity index (χ1n) is 10.1. The van der Waals surface area contributed by atoms with Crippen LogP contribution in [0.5, 0.6) is 0 Å². The van der Waals surface area contributed by atoms with Crippen LogP contribution in [0, 0.1) is 0 Å². The molecule has 1 saturated heterocycles. The maximum absolute atomic E-state index is 11.9. The number of nitrogens with two attached hydrogens (primary N) is 1. The molecule has 1 fully saturated rings. The second-order valence-corrected chi connectivity index (χ2v) is 8.30. The molecule has 1 aliphatic rings. The van der Waals surface area contributed by atoms with Crippen LogP contribution in [-0.4, -0.2) is 70.6 Å². The van der Waals surface area contributed by atoms with Gasteiger partial charge in [0.05, 0.1) is 0 Å². The van der Waals surface area contributed by atoms with Crippen molar-refractivity contribution in [2.75, 3.05) is 12.3 Å². The summed E-state index contributed by atoms with van der Waals surface area (Å²) in [4.78, 5) is 46.9. The largest absolute Gasteiger partial charge is 0.463 e. The molecule has 3 N–H and O–H groups in total. The van der Waals surface area contributed by atoms with E-state index in [0.29, 0.717) is 11.3 Å². The minimum absolute atomic E-state index is 0.0703. The third kappa shape index (κ3) is 7.63. The fraction of sp³-hybridized carbons (Fsp3) is 0.476. The van der Waals surface area contributed by atoms with E-state index in [9.17, 15) is 24.4 Å². The van der Waals surface area contributed by atoms with Gasteiger partial charge in [0.25, 0.3) is 0 Å². The number of esters is 4. The lowest BCUT2D eigenvalue weighted by Gasteiger charge is -2.44. The second kappa shape index (κ2) is 12.2. The van der Waals surface area contributed by atoms with E-state index in [2.05, 4.69) is 5.16 Å². The van der Waals surface area contributed by atoms with E-state index >= 15 is 0 Å². The molecule has 0 radical (unpaired) electrons. The van der Waals surface area contributed by atoms with Crippen LogP contribution in [0.4, 0.5) is 5.69 Å². The van der Waals surface area contributed by atoms with Crippen LogP contribution >= 0.6 is 11.8 Å². The number of ether oxygens (including phenoxy) is 5. The number of anilines is 1. The molecule has 1 aliphatic heterocycles. The number of hydrogen-bond donors (Lipinski definition) is 2. The Kier molecular flexibility index (Phi) is 9.69. The smallest absolute Gasteiger partial charge is 0.303 e. The van der Waals surface area contributed by atoms with Crippen LogP contribution in [-0.2, 0) is 42.9 Å². The Morgan fingerprint density at radius 3 is 1.94 bits per heavy atom. The number of hydrogen-bond acceptors (Lipinski definition) is 13. The van der Waals surface area contributed by atoms with Crippen molar-refractivity contribution in [3.63, 3.8) is 0 Å². The highest BCUT2D eigenvalue weighted by atomic mass is 32.2. The molecule has 186 valence electrons. The molecule has 0 amide bonds. The lowest BCUT2D eigenvalue weighted by Crippen LogP contribution is -2.61. The molecule has 1 aromatic rings. The summed E-state index contributed by atoms with van der Waals surface area (Å²) in [7, 11) is 0. The molecule has 13 heteroatoms. The van der Waals surface area contributed by atoms with E-state index in [1.54, 1.807) is 24.3 Å². The van der Waals surface area contributed by atoms with E-state index in [1.165, 1.54) is 6.92 Å². The molecule has 5 atom stereocenters. The number of oxime groups is 1. The van der Waals surface area contributed by atoms with Crippen molar-refractivity contribution in [3.8, 4) is 0 Å². The van der Waals surface area contributed by atoms with E-state index in [-0.39, 0.29) is 11.7 Å². The molecule has 12 nitrogen and oxygen atoms in total. The predicted molar refractivity (Wildman–Crippen MR) is 119 cm³/mol. The van der Waals surface area contributed by atoms with Crippen LogP contribution in [0.25, 0.3) is 0 Å². The van der Waals surface area contributed by atoms with Crippen LogP contribution in [0.15, 0.2) is 29.4 Å². The molecule has 0 saturated carbocycles. The number of benzene rings is 1. The lowest BCUT2D eigenvalue weighted by molar-refractivity contribution is -0.237. The highest BCUT2D eigenvalue weighted by molar-refractivity contribution is 8.14. The van der Waals surface area contributed by atoms with E-state index in [0.717, 1.165) is 32.5 Å². The minimum atomic E-state index is -1.32. The Balaban J connectivity index is 2.48. The summed E-state index contributed by atoms with van der Waals surface area (Å²) in [6, 6.07) is 6.38. The fourth-order valence-corrected chi connectivity index (χ4v) is 4.25. The average Bonchev–Trinajstić information content (AvgIpc) is 2.74. The van der Waals surface area contributed by atoms with Crippen LogP contribution < -0.4 is 5.73 Å². The standard InChI is InChI=1S/C21H26N2O10S/c1-10(24)29-9-16-17(30-11(2)25)18(31-12(3)26)19(32-13(4)27)21(33-16)34-20(23-28)14-5-7-15(22)8-6-14/h5-8,16-19,21,28H,9,22H2,1-4H3/b23-20-/t16-,17-,18+,19-,21+/m1/s1. The molecule has 2 rings (SSSR count). The molecule has 0 aliphatic carbocycles. The zero-order valence-electron chi connectivity index (χ0n) is 19.0. The van der Waals surface area contributed by atoms with Gasteiger partial charge in [-0.05, 0) is 12.1 Å². The average molecular weight is 499 g/mol. The van der Waals surface area contributed by atoms with Crippen molar-refractivity contribution in [1.82, 2.24) is 0 Å². The molecule has 0 unspecified atom stereocenters. The first-order valence-corrected chi connectivity index (χ1v) is 10.9. The lowest BCUT2D eigenvalue weighted by atomic mass is 9.99. The number of nitrogens with zero attached hydrogens (tertiary/aromatic N) is 1. The predicted octanol–water partition coefficient (Wildman–Crippen LogP) is 1.22. The summed E-state index contributed by atoms with van der Waals surface area (Å²) in [5.41, 5.74) is 5.53. The molecule has 1 heterocycles. The van der Waals surface area contributed by atoms with Gasteiger partial charge in [0, 0.05) is 38.9 Å². The van der Waals surface area contributed by atoms with E-state index < -0.39 is 53.7 Å². The zero-order chi connectivity index (χ0) is 25.4. The summed E-state index contributed by atoms with van der Waals surface area (Å²) < 4.78 is 27.1. The third-order valence-electron chi connectivity index (χ3n) is 4.42. The summed E-state index contributed by atoms with van der Waals surface area (Å²) in [6.45, 7) is 4.22. The monoisotopic (exact) mass is 498 g/mol. The van der Waals surface area contributed by atoms with Gasteiger partial charge in [0.2, 0.25) is 0 Å². The molecule has 34 heavy (non-hydrogen) atoms. The van der Waals surface area contributed by atoms with Crippen molar-refractivity contribution in [2.24, 2.45) is 5.16 Å². The van der Waals surface area contributed by atoms with Gasteiger partial charge in [0.15, 0.2) is 23.7 Å². The van der Waals surface area contributed by atoms with Gasteiger partial charge >= 0.3 is 23.9 Å². The number of nitrogen functional groups attached to an aromatic ring is 1. The molecule has 1 aromatic carbocycles. The molecule has 0 bridgehead atoms. The molecular weight excluding hydrogens is 472 g/mol. The first kappa shape index (κ1) is 26.9. The SMILES string of the molecule is CC(=O)OC[C@H]1O[C@@H](S/C(=N\O)c2ccc(N)cc2)[C@H](OC(C)=O)[C@@H](OC(C)=O)[C@@H]1OC(C)=O. The molecule has 0 aromatic heterocycles. The van der Waals surface area contributed by atoms with Gasteiger partial charge in [-0.2, -0.15) is 0 Å². The number of rotatable bonds is 7. The van der Waals surface area contributed by atoms with Gasteiger partial charge in [-0.3, -0.25) is 19.2 Å². The Morgan fingerprint density at radius 2 is 1.44 bits per heavy atom. The normalized spacial score (nSPS) is 24.6. The Morgan fingerprint density at radius 1 is 0.912 bits per heavy atom. The van der Waals surface area contributed by atoms with Gasteiger partial charge in [-0.15, -0.1) is 0 Å². The molecular formula is C21H26N2O10S. The number of carbonyl (C=O) groups excluding carboxylic acids is 4. The summed E-state index contributed by atoms with van der Waals surface area (Å²) in [5, 5.41) is 13.0. The summed E-state index contributed by atoms with van der Waals surface area (Å²) in [6.07, 6.45) is -4.97. The summed E-state index contributed by atoms with van der Waals surface area (Å²) in [5.74, 6) is -2.83. The topological polar surface area (TPSA) is 173 Å². The van der Waals surface area contributed by atoms with Crippen molar-refractivity contribution in [1.29, 1.82) is 0 Å². The molecule has 0 spiro atoms.